The van der Waals surface area contributed by atoms with E-state index >= 15 is 0 Å². The fourth-order valence-electron chi connectivity index (χ4n) is 1.94. The molecule has 1 aromatic rings. The van der Waals surface area contributed by atoms with E-state index in [1.165, 1.54) is 0 Å². The molecular weight excluding hydrogens is 311 g/mol. The summed E-state index contributed by atoms with van der Waals surface area (Å²) in [6.07, 6.45) is -2.10. The van der Waals surface area contributed by atoms with Crippen molar-refractivity contribution in [3.63, 3.8) is 0 Å². The van der Waals surface area contributed by atoms with Gasteiger partial charge in [-0.05, 0) is 0 Å². The fourth-order valence-corrected chi connectivity index (χ4v) is 2.34. The molecule has 1 aromatic carbocycles. The van der Waals surface area contributed by atoms with Crippen LogP contribution in [0.25, 0.3) is 0 Å². The third kappa shape index (κ3) is 2.71. The molecule has 0 saturated carbocycles. The molecule has 1 heterocycles. The first-order valence-corrected chi connectivity index (χ1v) is 6.35. The Morgan fingerprint density at radius 1 is 1.30 bits per heavy atom. The second-order valence-electron chi connectivity index (χ2n) is 4.39. The molecule has 2 rings (SSSR count). The van der Waals surface area contributed by atoms with Crippen molar-refractivity contribution in [3.05, 3.63) is 37.9 Å². The third-order valence-electron chi connectivity index (χ3n) is 3.00. The molecule has 1 fully saturated rings. The fraction of sp³-hybridized carbons (Fsp3) is 0.364. The molecule has 108 valence electrons. The number of nitro groups is 1. The lowest BCUT2D eigenvalue weighted by atomic mass is 10.1. The number of benzene rings is 1. The van der Waals surface area contributed by atoms with E-state index < -0.39 is 23.0 Å². The molecule has 0 unspecified atom stereocenters. The second-order valence-corrected chi connectivity index (χ2v) is 5.18. The van der Waals surface area contributed by atoms with Crippen LogP contribution in [0, 0.1) is 10.1 Å². The van der Waals surface area contributed by atoms with Gasteiger partial charge in [-0.25, -0.2) is 0 Å². The van der Waals surface area contributed by atoms with Crippen molar-refractivity contribution in [3.8, 4) is 0 Å². The number of likely N-dealkylation sites (tertiary alicyclic amines) is 1. The number of carbonyl (C=O) groups is 1. The second kappa shape index (κ2) is 5.53. The monoisotopic (exact) mass is 320 g/mol. The number of nitro benzene ring substituents is 1. The van der Waals surface area contributed by atoms with Crippen LogP contribution >= 0.6 is 23.2 Å². The van der Waals surface area contributed by atoms with Crippen molar-refractivity contribution in [2.75, 3.05) is 13.1 Å². The Labute approximate surface area is 123 Å². The molecule has 20 heavy (non-hydrogen) atoms. The van der Waals surface area contributed by atoms with Crippen molar-refractivity contribution >= 4 is 34.8 Å². The van der Waals surface area contributed by atoms with Gasteiger partial charge in [-0.2, -0.15) is 0 Å². The van der Waals surface area contributed by atoms with Gasteiger partial charge < -0.3 is 15.1 Å². The summed E-state index contributed by atoms with van der Waals surface area (Å²) in [5, 5.41) is 29.4. The highest BCUT2D eigenvalue weighted by molar-refractivity contribution is 6.44. The minimum absolute atomic E-state index is 0.0728. The van der Waals surface area contributed by atoms with Gasteiger partial charge in [0.25, 0.3) is 11.6 Å². The van der Waals surface area contributed by atoms with Crippen LogP contribution in [0.3, 0.4) is 0 Å². The van der Waals surface area contributed by atoms with Gasteiger partial charge in [-0.15, -0.1) is 0 Å². The highest BCUT2D eigenvalue weighted by Gasteiger charge is 2.34. The van der Waals surface area contributed by atoms with Crippen LogP contribution in [0.5, 0.6) is 0 Å². The number of halogens is 2. The summed E-state index contributed by atoms with van der Waals surface area (Å²) in [6, 6.07) is 2.07. The first-order valence-electron chi connectivity index (χ1n) is 5.60. The van der Waals surface area contributed by atoms with E-state index in [9.17, 15) is 25.1 Å². The number of β-amino-alcohol motifs (C(OH)–C–C–N with tert-alkyl or cyclic N) is 2. The summed E-state index contributed by atoms with van der Waals surface area (Å²) in [4.78, 5) is 23.5. The van der Waals surface area contributed by atoms with E-state index in [2.05, 4.69) is 0 Å². The predicted octanol–water partition coefficient (Wildman–Crippen LogP) is 1.08. The van der Waals surface area contributed by atoms with Gasteiger partial charge in [0, 0.05) is 25.2 Å². The molecule has 0 spiro atoms. The van der Waals surface area contributed by atoms with E-state index in [1.807, 2.05) is 0 Å². The van der Waals surface area contributed by atoms with Crippen LogP contribution in [0.4, 0.5) is 5.69 Å². The molecule has 2 N–H and O–H groups in total. The van der Waals surface area contributed by atoms with Crippen molar-refractivity contribution in [2.45, 2.75) is 12.2 Å². The summed E-state index contributed by atoms with van der Waals surface area (Å²) in [6.45, 7) is -0.146. The zero-order chi connectivity index (χ0) is 15.0. The van der Waals surface area contributed by atoms with Crippen LogP contribution < -0.4 is 0 Å². The number of hydrogen-bond acceptors (Lipinski definition) is 5. The van der Waals surface area contributed by atoms with Crippen molar-refractivity contribution in [1.82, 2.24) is 4.90 Å². The van der Waals surface area contributed by atoms with Gasteiger partial charge >= 0.3 is 0 Å². The molecule has 1 aliphatic rings. The Morgan fingerprint density at radius 3 is 2.35 bits per heavy atom. The van der Waals surface area contributed by atoms with Crippen molar-refractivity contribution in [2.24, 2.45) is 0 Å². The molecule has 1 saturated heterocycles. The molecule has 1 aliphatic heterocycles. The van der Waals surface area contributed by atoms with Gasteiger partial charge in [0.05, 0.1) is 32.7 Å². The molecule has 9 heteroatoms. The quantitative estimate of drug-likeness (QED) is 0.626. The smallest absolute Gasteiger partial charge is 0.271 e. The maximum absolute atomic E-state index is 12.2. The molecule has 0 radical (unpaired) electrons. The number of aliphatic hydroxyl groups is 2. The molecule has 2 atom stereocenters. The van der Waals surface area contributed by atoms with Gasteiger partial charge in [-0.3, -0.25) is 14.9 Å². The van der Waals surface area contributed by atoms with Crippen molar-refractivity contribution in [1.29, 1.82) is 0 Å². The number of rotatable bonds is 2. The normalized spacial score (nSPS) is 22.1. The molecule has 0 aromatic heterocycles. The van der Waals surface area contributed by atoms with Crippen LogP contribution in [0.2, 0.25) is 10.0 Å². The number of aliphatic hydroxyl groups excluding tert-OH is 2. The van der Waals surface area contributed by atoms with E-state index in [1.54, 1.807) is 0 Å². The Morgan fingerprint density at radius 2 is 1.85 bits per heavy atom. The summed E-state index contributed by atoms with van der Waals surface area (Å²) < 4.78 is 0. The highest BCUT2D eigenvalue weighted by atomic mass is 35.5. The maximum atomic E-state index is 12.2. The van der Waals surface area contributed by atoms with E-state index in [4.69, 9.17) is 23.2 Å². The Kier molecular flexibility index (Phi) is 4.14. The predicted molar refractivity (Wildman–Crippen MR) is 71.0 cm³/mol. The average Bonchev–Trinajstić information content (AvgIpc) is 2.71. The molecular formula is C11H10Cl2N2O5. The van der Waals surface area contributed by atoms with Gasteiger partial charge in [0.2, 0.25) is 0 Å². The number of non-ortho nitro benzene ring substituents is 1. The van der Waals surface area contributed by atoms with Gasteiger partial charge in [0.15, 0.2) is 0 Å². The Bertz CT molecular complexity index is 570. The standard InChI is InChI=1S/C11H10Cl2N2O5/c12-7-2-5(15(19)20)1-6(10(7)13)11(18)14-3-8(16)9(17)4-14/h1-2,8-9,16-17H,3-4H2/t8-,9+. The summed E-state index contributed by atoms with van der Waals surface area (Å²) in [5.41, 5.74) is -0.491. The highest BCUT2D eigenvalue weighted by Crippen LogP contribution is 2.32. The SMILES string of the molecule is O=C(c1cc([N+](=O)[O-])cc(Cl)c1Cl)N1C[C@@H](O)[C@@H](O)C1. The van der Waals surface area contributed by atoms with Crippen LogP contribution in [0.1, 0.15) is 10.4 Å². The van der Waals surface area contributed by atoms with E-state index in [0.717, 1.165) is 17.0 Å². The summed E-state index contributed by atoms with van der Waals surface area (Å²) in [7, 11) is 0. The minimum atomic E-state index is -1.05. The topological polar surface area (TPSA) is 104 Å². The number of carbonyl (C=O) groups excluding carboxylic acids is 1. The third-order valence-corrected chi connectivity index (χ3v) is 3.80. The lowest BCUT2D eigenvalue weighted by Gasteiger charge is -2.16. The maximum Gasteiger partial charge on any atom is 0.271 e. The molecule has 0 bridgehead atoms. The van der Waals surface area contributed by atoms with Gasteiger partial charge in [0.1, 0.15) is 0 Å². The lowest BCUT2D eigenvalue weighted by molar-refractivity contribution is -0.384. The zero-order valence-electron chi connectivity index (χ0n) is 9.99. The van der Waals surface area contributed by atoms with Crippen LogP contribution in [-0.4, -0.2) is 51.2 Å². The number of hydrogen-bond donors (Lipinski definition) is 2. The largest absolute Gasteiger partial charge is 0.388 e. The first-order chi connectivity index (χ1) is 9.31. The van der Waals surface area contributed by atoms with Crippen LogP contribution in [-0.2, 0) is 0 Å². The first kappa shape index (κ1) is 15.0. The van der Waals surface area contributed by atoms with Gasteiger partial charge in [-0.1, -0.05) is 23.2 Å². The molecule has 7 nitrogen and oxygen atoms in total. The lowest BCUT2D eigenvalue weighted by Crippen LogP contribution is -2.30. The average molecular weight is 321 g/mol. The summed E-state index contributed by atoms with van der Waals surface area (Å²) in [5.74, 6) is -0.629. The number of amides is 1. The number of nitrogens with zero attached hydrogens (tertiary/aromatic N) is 2. The summed E-state index contributed by atoms with van der Waals surface area (Å²) >= 11 is 11.7. The molecule has 1 amide bonds. The zero-order valence-corrected chi connectivity index (χ0v) is 11.5. The van der Waals surface area contributed by atoms with E-state index in [-0.39, 0.29) is 34.4 Å². The van der Waals surface area contributed by atoms with Crippen molar-refractivity contribution < 1.29 is 19.9 Å². The molecule has 0 aliphatic carbocycles. The van der Waals surface area contributed by atoms with Crippen LogP contribution in [0.15, 0.2) is 12.1 Å². The minimum Gasteiger partial charge on any atom is -0.388 e. The Hall–Kier alpha value is -1.41. The Balaban J connectivity index is 2.37. The van der Waals surface area contributed by atoms with E-state index in [0.29, 0.717) is 0 Å².